The van der Waals surface area contributed by atoms with Crippen LogP contribution in [-0.2, 0) is 9.47 Å². The second-order valence-corrected chi connectivity index (χ2v) is 3.27. The van der Waals surface area contributed by atoms with Crippen molar-refractivity contribution in [3.63, 3.8) is 0 Å². The number of alkyl halides is 2. The molecule has 76 valence electrons. The molecule has 3 heterocycles. The largest absolute Gasteiger partial charge is 0.396 e. The summed E-state index contributed by atoms with van der Waals surface area (Å²) in [6, 6.07) is 0. The molecule has 0 aromatic carbocycles. The second-order valence-electron chi connectivity index (χ2n) is 3.27. The molecule has 6 heteroatoms. The highest BCUT2D eigenvalue weighted by molar-refractivity contribution is 5.02. The fourth-order valence-electron chi connectivity index (χ4n) is 1.73. The van der Waals surface area contributed by atoms with Crippen molar-refractivity contribution in [2.75, 3.05) is 13.2 Å². The summed E-state index contributed by atoms with van der Waals surface area (Å²) < 4.78 is 35.3. The summed E-state index contributed by atoms with van der Waals surface area (Å²) in [7, 11) is 0. The van der Waals surface area contributed by atoms with Gasteiger partial charge in [0.2, 0.25) is 6.29 Å². The van der Waals surface area contributed by atoms with Gasteiger partial charge in [-0.2, -0.15) is 8.78 Å². The summed E-state index contributed by atoms with van der Waals surface area (Å²) in [6.45, 7) is -0.851. The maximum atomic E-state index is 13.0. The minimum absolute atomic E-state index is 0.377. The van der Waals surface area contributed by atoms with Gasteiger partial charge in [-0.3, -0.25) is 0 Å². The third-order valence-corrected chi connectivity index (χ3v) is 2.52. The number of halogens is 2. The highest BCUT2D eigenvalue weighted by Crippen LogP contribution is 2.48. The van der Waals surface area contributed by atoms with E-state index in [9.17, 15) is 8.78 Å². The van der Waals surface area contributed by atoms with E-state index >= 15 is 0 Å². The van der Waals surface area contributed by atoms with Crippen LogP contribution in [0.4, 0.5) is 8.78 Å². The molecule has 0 aromatic rings. The van der Waals surface area contributed by atoms with Crippen LogP contribution in [0.25, 0.3) is 0 Å². The van der Waals surface area contributed by atoms with E-state index in [4.69, 9.17) is 14.9 Å². The van der Waals surface area contributed by atoms with Crippen LogP contribution in [-0.4, -0.2) is 47.8 Å². The lowest BCUT2D eigenvalue weighted by atomic mass is 9.85. The van der Waals surface area contributed by atoms with Gasteiger partial charge in [0, 0.05) is 5.92 Å². The first-order valence-corrected chi connectivity index (χ1v) is 4.01. The molecule has 0 spiro atoms. The Labute approximate surface area is 73.1 Å². The quantitative estimate of drug-likeness (QED) is 0.616. The van der Waals surface area contributed by atoms with Gasteiger partial charge in [0.05, 0.1) is 19.3 Å². The molecule has 3 aliphatic heterocycles. The Morgan fingerprint density at radius 2 is 1.85 bits per heavy atom. The predicted molar refractivity (Wildman–Crippen MR) is 36.1 cm³/mol. The summed E-state index contributed by atoms with van der Waals surface area (Å²) in [4.78, 5) is 0. The molecule has 0 aromatic heterocycles. The molecule has 4 atom stereocenters. The minimum Gasteiger partial charge on any atom is -0.396 e. The Bertz CT molecular complexity index is 211. The molecule has 3 aliphatic rings. The van der Waals surface area contributed by atoms with Gasteiger partial charge in [-0.05, 0) is 0 Å². The lowest BCUT2D eigenvalue weighted by molar-refractivity contribution is -0.460. The minimum atomic E-state index is -3.03. The molecule has 0 radical (unpaired) electrons. The normalized spacial score (nSPS) is 47.1. The third kappa shape index (κ3) is 1.10. The van der Waals surface area contributed by atoms with Crippen molar-refractivity contribution in [3.8, 4) is 0 Å². The molecule has 2 bridgehead atoms. The van der Waals surface area contributed by atoms with Crippen molar-refractivity contribution in [1.82, 2.24) is 0 Å². The van der Waals surface area contributed by atoms with Gasteiger partial charge in [0.15, 0.2) is 0 Å². The number of aliphatic hydroxyl groups excluding tert-OH is 2. The van der Waals surface area contributed by atoms with Crippen molar-refractivity contribution in [2.24, 2.45) is 5.92 Å². The third-order valence-electron chi connectivity index (χ3n) is 2.52. The maximum absolute atomic E-state index is 13.0. The van der Waals surface area contributed by atoms with Crippen LogP contribution >= 0.6 is 0 Å². The van der Waals surface area contributed by atoms with E-state index < -0.39 is 36.9 Å². The molecule has 3 fully saturated rings. The fraction of sp³-hybridized carbons (Fsp3) is 1.00. The van der Waals surface area contributed by atoms with Crippen molar-refractivity contribution in [3.05, 3.63) is 0 Å². The maximum Gasteiger partial charge on any atom is 0.323 e. The first-order chi connectivity index (χ1) is 6.11. The van der Waals surface area contributed by atoms with E-state index in [1.54, 1.807) is 0 Å². The Kier molecular flexibility index (Phi) is 2.03. The van der Waals surface area contributed by atoms with Crippen LogP contribution in [0.1, 0.15) is 0 Å². The molecule has 4 nitrogen and oxygen atoms in total. The van der Waals surface area contributed by atoms with Crippen molar-refractivity contribution in [1.29, 1.82) is 0 Å². The summed E-state index contributed by atoms with van der Waals surface area (Å²) in [6.07, 6.45) is -3.60. The Morgan fingerprint density at radius 3 is 2.31 bits per heavy atom. The molecule has 0 amide bonds. The summed E-state index contributed by atoms with van der Waals surface area (Å²) in [5.41, 5.74) is 0. The van der Waals surface area contributed by atoms with Crippen LogP contribution in [0.2, 0.25) is 0 Å². The first-order valence-electron chi connectivity index (χ1n) is 4.01. The van der Waals surface area contributed by atoms with E-state index in [2.05, 4.69) is 4.74 Å². The van der Waals surface area contributed by atoms with E-state index in [0.29, 0.717) is 0 Å². The average Bonchev–Trinajstić information content (AvgIpc) is 2.16. The van der Waals surface area contributed by atoms with E-state index in [0.717, 1.165) is 0 Å². The molecular formula is C7H10F2O4. The van der Waals surface area contributed by atoms with Crippen molar-refractivity contribution in [2.45, 2.75) is 24.4 Å². The van der Waals surface area contributed by atoms with Gasteiger partial charge < -0.3 is 19.7 Å². The SMILES string of the molecule is OC[C@H]1[C@H](CO)O[C@@H]2O[C@H]1C2(F)F. The van der Waals surface area contributed by atoms with Crippen molar-refractivity contribution < 1.29 is 28.5 Å². The van der Waals surface area contributed by atoms with Crippen LogP contribution in [0.15, 0.2) is 0 Å². The van der Waals surface area contributed by atoms with Crippen LogP contribution in [0.3, 0.4) is 0 Å². The lowest BCUT2D eigenvalue weighted by Gasteiger charge is -2.54. The van der Waals surface area contributed by atoms with E-state index in [1.165, 1.54) is 0 Å². The van der Waals surface area contributed by atoms with Gasteiger partial charge >= 0.3 is 5.92 Å². The number of hydrogen-bond acceptors (Lipinski definition) is 4. The molecule has 3 saturated heterocycles. The molecule has 2 N–H and O–H groups in total. The van der Waals surface area contributed by atoms with Gasteiger partial charge in [-0.1, -0.05) is 0 Å². The van der Waals surface area contributed by atoms with E-state index in [-0.39, 0.29) is 6.61 Å². The van der Waals surface area contributed by atoms with Crippen molar-refractivity contribution >= 4 is 0 Å². The first kappa shape index (κ1) is 9.26. The number of aliphatic hydroxyl groups is 2. The topological polar surface area (TPSA) is 58.9 Å². The predicted octanol–water partition coefficient (Wildman–Crippen LogP) is -0.654. The van der Waals surface area contributed by atoms with Gasteiger partial charge in [0.25, 0.3) is 0 Å². The Morgan fingerprint density at radius 1 is 1.15 bits per heavy atom. The molecule has 3 rings (SSSR count). The Hall–Kier alpha value is -0.300. The van der Waals surface area contributed by atoms with Crippen LogP contribution in [0.5, 0.6) is 0 Å². The van der Waals surface area contributed by atoms with Gasteiger partial charge in [0.1, 0.15) is 6.10 Å². The number of hydrogen-bond donors (Lipinski definition) is 2. The fourth-order valence-corrected chi connectivity index (χ4v) is 1.73. The molecule has 0 unspecified atom stereocenters. The zero-order valence-electron chi connectivity index (χ0n) is 6.69. The zero-order chi connectivity index (χ0) is 9.64. The summed E-state index contributed by atoms with van der Waals surface area (Å²) >= 11 is 0. The van der Waals surface area contributed by atoms with Gasteiger partial charge in [-0.15, -0.1) is 0 Å². The number of ether oxygens (including phenoxy) is 2. The van der Waals surface area contributed by atoms with Gasteiger partial charge in [-0.25, -0.2) is 0 Å². The second kappa shape index (κ2) is 2.84. The monoisotopic (exact) mass is 196 g/mol. The van der Waals surface area contributed by atoms with E-state index in [1.807, 2.05) is 0 Å². The number of rotatable bonds is 2. The highest BCUT2D eigenvalue weighted by atomic mass is 19.3. The average molecular weight is 196 g/mol. The standard InChI is InChI=1S/C7H10F2O4/c8-7(9)5-3(1-10)4(2-11)12-6(7)13-5/h3-6,10-11H,1-2H2/t3-,4-,5+,6+/m0/s1. The summed E-state index contributed by atoms with van der Waals surface area (Å²) in [5, 5.41) is 17.6. The summed E-state index contributed by atoms with van der Waals surface area (Å²) in [5.74, 6) is -3.87. The molecular weight excluding hydrogens is 186 g/mol. The Balaban J connectivity index is 2.13. The number of fused-ring (bicyclic) bond motifs is 2. The lowest BCUT2D eigenvalue weighted by Crippen LogP contribution is -2.72. The smallest absolute Gasteiger partial charge is 0.323 e. The zero-order valence-corrected chi connectivity index (χ0v) is 6.69. The van der Waals surface area contributed by atoms with Crippen LogP contribution in [0, 0.1) is 5.92 Å². The molecule has 13 heavy (non-hydrogen) atoms. The van der Waals surface area contributed by atoms with Crippen LogP contribution < -0.4 is 0 Å². The highest BCUT2D eigenvalue weighted by Gasteiger charge is 2.68. The molecule has 0 aliphatic carbocycles. The molecule has 0 saturated carbocycles.